The molecule has 4 saturated carbocycles. The number of hydrogen-bond donors (Lipinski definition) is 1. The summed E-state index contributed by atoms with van der Waals surface area (Å²) in [6, 6.07) is 0. The highest BCUT2D eigenvalue weighted by Crippen LogP contribution is 2.65. The number of rotatable bonds is 0. The van der Waals surface area contributed by atoms with Gasteiger partial charge in [-0.3, -0.25) is 0 Å². The van der Waals surface area contributed by atoms with Crippen molar-refractivity contribution < 1.29 is 5.11 Å². The Hall–Kier alpha value is -0.300. The molecule has 4 fully saturated rings. The molecule has 25 heavy (non-hydrogen) atoms. The molecule has 0 unspecified atom stereocenters. The van der Waals surface area contributed by atoms with E-state index in [1.165, 1.54) is 38.5 Å². The Morgan fingerprint density at radius 2 is 1.68 bits per heavy atom. The van der Waals surface area contributed by atoms with Gasteiger partial charge in [0.25, 0.3) is 0 Å². The minimum atomic E-state index is -0.387. The minimum absolute atomic E-state index is 0.387. The Labute approximate surface area is 155 Å². The molecular weight excluding hydrogens is 304 g/mol. The normalized spacial score (nSPS) is 57.5. The lowest BCUT2D eigenvalue weighted by Gasteiger charge is -2.62. The van der Waals surface area contributed by atoms with Crippen molar-refractivity contribution in [2.75, 3.05) is 0 Å². The lowest BCUT2D eigenvalue weighted by Crippen LogP contribution is -2.55. The molecule has 0 aromatic carbocycles. The van der Waals surface area contributed by atoms with Crippen LogP contribution in [0.2, 0.25) is 0 Å². The van der Waals surface area contributed by atoms with Gasteiger partial charge >= 0.3 is 0 Å². The van der Waals surface area contributed by atoms with Crippen LogP contribution in [0.1, 0.15) is 86.0 Å². The molecule has 0 radical (unpaired) electrons. The van der Waals surface area contributed by atoms with Gasteiger partial charge < -0.3 is 5.11 Å². The maximum absolute atomic E-state index is 10.6. The molecule has 1 nitrogen and oxygen atoms in total. The third-order valence-electron chi connectivity index (χ3n) is 9.58. The quantitative estimate of drug-likeness (QED) is 0.517. The van der Waals surface area contributed by atoms with Gasteiger partial charge in [0.05, 0.1) is 5.60 Å². The Morgan fingerprint density at radius 3 is 2.40 bits per heavy atom. The summed E-state index contributed by atoms with van der Waals surface area (Å²) in [6.07, 6.45) is 12.8. The zero-order valence-corrected chi connectivity index (χ0v) is 17.2. The van der Waals surface area contributed by atoms with Crippen molar-refractivity contribution in [3.05, 3.63) is 11.6 Å². The van der Waals surface area contributed by atoms with Gasteiger partial charge in [0.15, 0.2) is 0 Å². The molecule has 0 aromatic rings. The first-order chi connectivity index (χ1) is 11.8. The summed E-state index contributed by atoms with van der Waals surface area (Å²) >= 11 is 0. The predicted octanol–water partition coefficient (Wildman–Crippen LogP) is 6.22. The molecule has 4 aliphatic carbocycles. The number of hydrogen-bond acceptors (Lipinski definition) is 1. The maximum Gasteiger partial charge on any atom is 0.0622 e. The molecule has 9 atom stereocenters. The van der Waals surface area contributed by atoms with Crippen LogP contribution >= 0.6 is 0 Å². The summed E-state index contributed by atoms with van der Waals surface area (Å²) in [6.45, 7) is 12.0. The van der Waals surface area contributed by atoms with Gasteiger partial charge in [-0.25, -0.2) is 0 Å². The van der Waals surface area contributed by atoms with Crippen molar-refractivity contribution in [2.24, 2.45) is 46.8 Å². The molecule has 4 rings (SSSR count). The number of aliphatic hydroxyl groups is 1. The van der Waals surface area contributed by atoms with Gasteiger partial charge in [-0.05, 0) is 112 Å². The Bertz CT molecular complexity index is 546. The zero-order chi connectivity index (χ0) is 18.0. The lowest BCUT2D eigenvalue weighted by atomic mass is 9.43. The van der Waals surface area contributed by atoms with Gasteiger partial charge in [0.2, 0.25) is 0 Å². The molecule has 0 heterocycles. The smallest absolute Gasteiger partial charge is 0.0622 e. The van der Waals surface area contributed by atoms with Gasteiger partial charge in [0, 0.05) is 0 Å². The van der Waals surface area contributed by atoms with Gasteiger partial charge in [-0.2, -0.15) is 0 Å². The summed E-state index contributed by atoms with van der Waals surface area (Å²) in [4.78, 5) is 0. The first-order valence-corrected chi connectivity index (χ1v) is 11.1. The van der Waals surface area contributed by atoms with Crippen molar-refractivity contribution >= 4 is 0 Å². The Kier molecular flexibility index (Phi) is 4.42. The molecule has 4 aliphatic rings. The van der Waals surface area contributed by atoms with E-state index in [0.717, 1.165) is 54.3 Å². The van der Waals surface area contributed by atoms with Crippen LogP contribution in [0.4, 0.5) is 0 Å². The molecule has 0 spiro atoms. The first-order valence-electron chi connectivity index (χ1n) is 11.1. The summed E-state index contributed by atoms with van der Waals surface area (Å²) in [5.41, 5.74) is 1.85. The van der Waals surface area contributed by atoms with Crippen molar-refractivity contribution in [1.82, 2.24) is 0 Å². The number of allylic oxidation sites excluding steroid dienone is 2. The number of fused-ring (bicyclic) bond motifs is 5. The molecule has 0 aromatic heterocycles. The second-order valence-corrected chi connectivity index (χ2v) is 10.9. The van der Waals surface area contributed by atoms with Crippen molar-refractivity contribution in [1.29, 1.82) is 0 Å². The van der Waals surface area contributed by atoms with Crippen LogP contribution in [0, 0.1) is 46.8 Å². The third-order valence-corrected chi connectivity index (χ3v) is 9.58. The fourth-order valence-corrected chi connectivity index (χ4v) is 8.24. The molecular formula is C24H40O. The molecule has 0 bridgehead atoms. The molecule has 1 heteroatoms. The van der Waals surface area contributed by atoms with E-state index < -0.39 is 0 Å². The molecule has 0 aliphatic heterocycles. The van der Waals surface area contributed by atoms with Crippen LogP contribution in [0.5, 0.6) is 0 Å². The Morgan fingerprint density at radius 1 is 0.960 bits per heavy atom. The molecule has 0 saturated heterocycles. The highest BCUT2D eigenvalue weighted by Gasteiger charge is 2.57. The van der Waals surface area contributed by atoms with Crippen LogP contribution in [0.15, 0.2) is 11.6 Å². The van der Waals surface area contributed by atoms with E-state index in [9.17, 15) is 5.11 Å². The van der Waals surface area contributed by atoms with E-state index in [0.29, 0.717) is 5.41 Å². The van der Waals surface area contributed by atoms with Gasteiger partial charge in [-0.15, -0.1) is 0 Å². The second-order valence-electron chi connectivity index (χ2n) is 10.9. The van der Waals surface area contributed by atoms with Crippen LogP contribution in [-0.2, 0) is 0 Å². The monoisotopic (exact) mass is 344 g/mol. The highest BCUT2D eigenvalue weighted by molar-refractivity contribution is 5.22. The summed E-state index contributed by atoms with van der Waals surface area (Å²) < 4.78 is 0. The predicted molar refractivity (Wildman–Crippen MR) is 105 cm³/mol. The minimum Gasteiger partial charge on any atom is -0.390 e. The average Bonchev–Trinajstić information content (AvgIpc) is 2.56. The third kappa shape index (κ3) is 2.75. The fourth-order valence-electron chi connectivity index (χ4n) is 8.24. The maximum atomic E-state index is 10.6. The van der Waals surface area contributed by atoms with E-state index >= 15 is 0 Å². The van der Waals surface area contributed by atoms with E-state index in [2.05, 4.69) is 40.7 Å². The highest BCUT2D eigenvalue weighted by atomic mass is 16.3. The lowest BCUT2D eigenvalue weighted by molar-refractivity contribution is -0.117. The summed E-state index contributed by atoms with van der Waals surface area (Å²) in [5.74, 6) is 6.19. The zero-order valence-electron chi connectivity index (χ0n) is 17.2. The van der Waals surface area contributed by atoms with Crippen molar-refractivity contribution in [2.45, 2.75) is 91.6 Å². The van der Waals surface area contributed by atoms with Crippen molar-refractivity contribution in [3.63, 3.8) is 0 Å². The molecule has 142 valence electrons. The second kappa shape index (κ2) is 6.11. The standard InChI is InChI=1S/C24H40O/c1-6-18-13-15(2)16(3)22-21-8-7-17-14-23(4,25)11-9-19(17)20(21)10-12-24(18,22)5/h6,15-17,19-22,25H,7-14H2,1-5H3/b18-6+/t15-,16+,17+,19-,20+,21+,22-,23+,24+/m0/s1. The van der Waals surface area contributed by atoms with Crippen molar-refractivity contribution in [3.8, 4) is 0 Å². The van der Waals surface area contributed by atoms with Crippen LogP contribution in [0.3, 0.4) is 0 Å². The van der Waals surface area contributed by atoms with Gasteiger partial charge in [0.1, 0.15) is 0 Å². The van der Waals surface area contributed by atoms with Crippen LogP contribution < -0.4 is 0 Å². The first kappa shape index (κ1) is 18.1. The largest absolute Gasteiger partial charge is 0.390 e. The fraction of sp³-hybridized carbons (Fsp3) is 0.917. The van der Waals surface area contributed by atoms with Gasteiger partial charge in [-0.1, -0.05) is 32.4 Å². The summed E-state index contributed by atoms with van der Waals surface area (Å²) in [7, 11) is 0. The Balaban J connectivity index is 1.63. The van der Waals surface area contributed by atoms with E-state index in [-0.39, 0.29) is 5.60 Å². The topological polar surface area (TPSA) is 20.2 Å². The van der Waals surface area contributed by atoms with E-state index in [1.54, 1.807) is 5.57 Å². The summed E-state index contributed by atoms with van der Waals surface area (Å²) in [5, 5.41) is 10.6. The average molecular weight is 345 g/mol. The SMILES string of the molecule is C/C=C1\C[C@H](C)[C@@H](C)[C@H]2[C@@H]3CC[C@@H]4C[C@](C)(O)CC[C@@H]4[C@H]3CC[C@]12C. The molecule has 1 N–H and O–H groups in total. The molecule has 0 amide bonds. The van der Waals surface area contributed by atoms with Crippen LogP contribution in [-0.4, -0.2) is 10.7 Å². The van der Waals surface area contributed by atoms with E-state index in [1.807, 2.05) is 0 Å². The van der Waals surface area contributed by atoms with Crippen LogP contribution in [0.25, 0.3) is 0 Å². The van der Waals surface area contributed by atoms with E-state index in [4.69, 9.17) is 0 Å².